The summed E-state index contributed by atoms with van der Waals surface area (Å²) in [7, 11) is 1.34. The molecule has 7 heteroatoms. The molecule has 0 spiro atoms. The third-order valence-electron chi connectivity index (χ3n) is 7.73. The van der Waals surface area contributed by atoms with Gasteiger partial charge in [0.2, 0.25) is 0 Å². The van der Waals surface area contributed by atoms with Gasteiger partial charge in [0.25, 0.3) is 0 Å². The lowest BCUT2D eigenvalue weighted by atomic mass is 9.73. The van der Waals surface area contributed by atoms with Crippen LogP contribution in [0.15, 0.2) is 43.5 Å². The summed E-state index contributed by atoms with van der Waals surface area (Å²) in [6, 6.07) is 5.94. The summed E-state index contributed by atoms with van der Waals surface area (Å²) in [5, 5.41) is 0. The van der Waals surface area contributed by atoms with E-state index in [-0.39, 0.29) is 24.7 Å². The zero-order valence-electron chi connectivity index (χ0n) is 22.1. The molecule has 202 valence electrons. The monoisotopic (exact) mass is 512 g/mol. The average Bonchev–Trinajstić information content (AvgIpc) is 3.24. The average molecular weight is 513 g/mol. The fraction of sp³-hybridized carbons (Fsp3) is 0.567. The lowest BCUT2D eigenvalue weighted by molar-refractivity contribution is -0.146. The van der Waals surface area contributed by atoms with E-state index in [1.807, 2.05) is 12.1 Å². The van der Waals surface area contributed by atoms with Crippen molar-refractivity contribution in [1.29, 1.82) is 0 Å². The van der Waals surface area contributed by atoms with Gasteiger partial charge in [-0.25, -0.2) is 14.4 Å². The standard InChI is InChI=1S/C30H40O7/c1-5-8-9-12-22(36-28(31)6-2)14-15-23-24-16-20-11-10-13-26(35-19-30(33)34-4)25(20)17-21(24)18-27(23)37-29(32)7-3/h6-7,10-11,13,21-24,27H,2-3,5,8-9,12,14-19H2,1,4H3/t21-,22-,23+,24-,27+/m0/s1. The number of unbranched alkanes of at least 4 members (excludes halogenated alkanes) is 2. The van der Waals surface area contributed by atoms with Crippen molar-refractivity contribution in [1.82, 2.24) is 0 Å². The van der Waals surface area contributed by atoms with Crippen LogP contribution >= 0.6 is 0 Å². The number of hydrogen-bond acceptors (Lipinski definition) is 7. The van der Waals surface area contributed by atoms with E-state index in [0.717, 1.165) is 56.9 Å². The molecule has 3 rings (SSSR count). The number of carbonyl (C=O) groups is 3. The molecule has 1 fully saturated rings. The lowest BCUT2D eigenvalue weighted by Gasteiger charge is -2.33. The summed E-state index contributed by atoms with van der Waals surface area (Å²) in [5.41, 5.74) is 2.31. The van der Waals surface area contributed by atoms with Crippen LogP contribution in [0.25, 0.3) is 0 Å². The van der Waals surface area contributed by atoms with Crippen LogP contribution in [0.5, 0.6) is 5.75 Å². The molecule has 1 aromatic carbocycles. The van der Waals surface area contributed by atoms with Gasteiger partial charge in [0.05, 0.1) is 7.11 Å². The Kier molecular flexibility index (Phi) is 10.8. The molecule has 1 aromatic rings. The van der Waals surface area contributed by atoms with Gasteiger partial charge in [-0.2, -0.15) is 0 Å². The van der Waals surface area contributed by atoms with Gasteiger partial charge in [0, 0.05) is 12.2 Å². The number of carbonyl (C=O) groups excluding carboxylic acids is 3. The molecule has 0 saturated heterocycles. The van der Waals surface area contributed by atoms with Crippen molar-refractivity contribution in [3.63, 3.8) is 0 Å². The molecule has 0 N–H and O–H groups in total. The number of esters is 3. The van der Waals surface area contributed by atoms with Crippen LogP contribution in [0.2, 0.25) is 0 Å². The van der Waals surface area contributed by atoms with Gasteiger partial charge in [0.1, 0.15) is 18.0 Å². The first-order valence-electron chi connectivity index (χ1n) is 13.4. The van der Waals surface area contributed by atoms with Crippen molar-refractivity contribution < 1.29 is 33.3 Å². The Hall–Kier alpha value is -3.09. The molecule has 7 nitrogen and oxygen atoms in total. The molecule has 0 aromatic heterocycles. The maximum Gasteiger partial charge on any atom is 0.343 e. The van der Waals surface area contributed by atoms with Gasteiger partial charge in [-0.3, -0.25) is 0 Å². The van der Waals surface area contributed by atoms with E-state index < -0.39 is 17.9 Å². The molecule has 0 bridgehead atoms. The number of rotatable bonds is 14. The predicted molar refractivity (Wildman–Crippen MR) is 140 cm³/mol. The van der Waals surface area contributed by atoms with Crippen LogP contribution in [-0.4, -0.2) is 43.8 Å². The van der Waals surface area contributed by atoms with Gasteiger partial charge in [-0.1, -0.05) is 45.1 Å². The number of methoxy groups -OCH3 is 1. The summed E-state index contributed by atoms with van der Waals surface area (Å²) >= 11 is 0. The van der Waals surface area contributed by atoms with Gasteiger partial charge < -0.3 is 18.9 Å². The summed E-state index contributed by atoms with van der Waals surface area (Å²) in [6.07, 6.45) is 9.93. The van der Waals surface area contributed by atoms with Crippen LogP contribution in [0.4, 0.5) is 0 Å². The smallest absolute Gasteiger partial charge is 0.343 e. The van der Waals surface area contributed by atoms with E-state index in [1.165, 1.54) is 24.8 Å². The summed E-state index contributed by atoms with van der Waals surface area (Å²) in [6.45, 7) is 9.12. The summed E-state index contributed by atoms with van der Waals surface area (Å²) < 4.78 is 22.0. The first-order chi connectivity index (χ1) is 17.9. The first kappa shape index (κ1) is 28.5. The molecule has 37 heavy (non-hydrogen) atoms. The van der Waals surface area contributed by atoms with E-state index in [4.69, 9.17) is 18.9 Å². The quantitative estimate of drug-likeness (QED) is 0.147. The second kappa shape index (κ2) is 14.0. The molecular weight excluding hydrogens is 472 g/mol. The van der Waals surface area contributed by atoms with Crippen molar-refractivity contribution in [3.05, 3.63) is 54.6 Å². The fourth-order valence-electron chi connectivity index (χ4n) is 5.91. The second-order valence-corrected chi connectivity index (χ2v) is 10.0. The van der Waals surface area contributed by atoms with Gasteiger partial charge >= 0.3 is 17.9 Å². The highest BCUT2D eigenvalue weighted by Gasteiger charge is 2.47. The predicted octanol–water partition coefficient (Wildman–Crippen LogP) is 5.15. The second-order valence-electron chi connectivity index (χ2n) is 10.0. The Morgan fingerprint density at radius 1 is 1.08 bits per heavy atom. The SMILES string of the molecule is C=CC(=O)O[C@@H](CCCCC)CC[C@@H]1[C@H]2Cc3cccc(OCC(=O)OC)c3C[C@H]2C[C@H]1OC(=O)C=C. The highest BCUT2D eigenvalue weighted by atomic mass is 16.6. The Balaban J connectivity index is 1.77. The molecule has 2 aliphatic carbocycles. The number of fused-ring (bicyclic) bond motifs is 2. The van der Waals surface area contributed by atoms with E-state index in [1.54, 1.807) is 0 Å². The number of ether oxygens (including phenoxy) is 4. The van der Waals surface area contributed by atoms with Crippen LogP contribution in [0.1, 0.15) is 63.0 Å². The van der Waals surface area contributed by atoms with Crippen LogP contribution in [0.3, 0.4) is 0 Å². The third-order valence-corrected chi connectivity index (χ3v) is 7.73. The largest absolute Gasteiger partial charge is 0.482 e. The Morgan fingerprint density at radius 3 is 2.57 bits per heavy atom. The maximum atomic E-state index is 12.2. The molecule has 0 amide bonds. The highest BCUT2D eigenvalue weighted by molar-refractivity contribution is 5.81. The number of benzene rings is 1. The molecule has 0 unspecified atom stereocenters. The van der Waals surface area contributed by atoms with E-state index in [2.05, 4.69) is 26.1 Å². The van der Waals surface area contributed by atoms with Crippen molar-refractivity contribution in [2.75, 3.05) is 13.7 Å². The van der Waals surface area contributed by atoms with E-state index >= 15 is 0 Å². The topological polar surface area (TPSA) is 88.1 Å². The normalized spacial score (nSPS) is 22.6. The minimum Gasteiger partial charge on any atom is -0.482 e. The summed E-state index contributed by atoms with van der Waals surface area (Å²) in [4.78, 5) is 35.7. The molecule has 0 aliphatic heterocycles. The first-order valence-corrected chi connectivity index (χ1v) is 13.4. The van der Waals surface area contributed by atoms with Gasteiger partial charge in [-0.05, 0) is 79.9 Å². The van der Waals surface area contributed by atoms with Crippen LogP contribution in [0, 0.1) is 17.8 Å². The molecule has 0 heterocycles. The minimum atomic E-state index is -0.422. The molecule has 1 saturated carbocycles. The Labute approximate surface area is 220 Å². The van der Waals surface area contributed by atoms with Crippen molar-refractivity contribution in [2.45, 2.75) is 76.9 Å². The minimum absolute atomic E-state index is 0.133. The Morgan fingerprint density at radius 2 is 1.86 bits per heavy atom. The zero-order chi connectivity index (χ0) is 26.8. The van der Waals surface area contributed by atoms with Gasteiger partial charge in [0.15, 0.2) is 6.61 Å². The molecule has 2 aliphatic rings. The van der Waals surface area contributed by atoms with Crippen LogP contribution < -0.4 is 4.74 Å². The third kappa shape index (κ3) is 7.70. The Bertz CT molecular complexity index is 969. The van der Waals surface area contributed by atoms with Crippen molar-refractivity contribution >= 4 is 17.9 Å². The van der Waals surface area contributed by atoms with E-state index in [9.17, 15) is 14.4 Å². The molecular formula is C30H40O7. The fourth-order valence-corrected chi connectivity index (χ4v) is 5.91. The van der Waals surface area contributed by atoms with Crippen molar-refractivity contribution in [2.24, 2.45) is 17.8 Å². The van der Waals surface area contributed by atoms with Gasteiger partial charge in [-0.15, -0.1) is 0 Å². The zero-order valence-corrected chi connectivity index (χ0v) is 22.1. The highest BCUT2D eigenvalue weighted by Crippen LogP contribution is 2.49. The summed E-state index contributed by atoms with van der Waals surface area (Å²) in [5.74, 6) is 0.274. The maximum absolute atomic E-state index is 12.2. The number of hydrogen-bond donors (Lipinski definition) is 0. The van der Waals surface area contributed by atoms with E-state index in [0.29, 0.717) is 24.0 Å². The van der Waals surface area contributed by atoms with Crippen LogP contribution in [-0.2, 0) is 41.4 Å². The van der Waals surface area contributed by atoms with Crippen molar-refractivity contribution in [3.8, 4) is 5.75 Å². The molecule has 0 radical (unpaired) electrons. The lowest BCUT2D eigenvalue weighted by Crippen LogP contribution is -2.30. The molecule has 5 atom stereocenters.